The molecule has 0 bridgehead atoms. The molecule has 0 aromatic heterocycles. The highest BCUT2D eigenvalue weighted by atomic mass is 16.6. The number of aryl methyl sites for hydroxylation is 1. The van der Waals surface area contributed by atoms with E-state index in [2.05, 4.69) is 16.7 Å². The van der Waals surface area contributed by atoms with E-state index in [1.54, 1.807) is 12.1 Å². The first kappa shape index (κ1) is 23.1. The zero-order chi connectivity index (χ0) is 21.6. The van der Waals surface area contributed by atoms with Crippen LogP contribution in [-0.4, -0.2) is 71.7 Å². The molecule has 1 aliphatic rings. The molecular weight excluding hydrogens is 374 g/mol. The summed E-state index contributed by atoms with van der Waals surface area (Å²) >= 11 is 0. The predicted octanol–water partition coefficient (Wildman–Crippen LogP) is 2.88. The van der Waals surface area contributed by atoms with Crippen LogP contribution in [0.15, 0.2) is 18.2 Å². The maximum Gasteiger partial charge on any atom is 0.320 e. The van der Waals surface area contributed by atoms with Crippen molar-refractivity contribution in [3.63, 3.8) is 0 Å². The number of benzene rings is 1. The first-order chi connectivity index (χ1) is 13.6. The lowest BCUT2D eigenvalue weighted by Crippen LogP contribution is -2.54. The zero-order valence-electron chi connectivity index (χ0n) is 18.1. The lowest BCUT2D eigenvalue weighted by atomic mass is 10.1. The van der Waals surface area contributed by atoms with Crippen LogP contribution in [0.25, 0.3) is 0 Å². The highest BCUT2D eigenvalue weighted by Crippen LogP contribution is 2.24. The minimum absolute atomic E-state index is 0.0872. The van der Waals surface area contributed by atoms with Crippen LogP contribution in [-0.2, 0) is 16.0 Å². The summed E-state index contributed by atoms with van der Waals surface area (Å²) in [7, 11) is 0. The van der Waals surface area contributed by atoms with Gasteiger partial charge in [-0.3, -0.25) is 24.7 Å². The summed E-state index contributed by atoms with van der Waals surface area (Å²) in [6.45, 7) is 13.8. The average Bonchev–Trinajstić information content (AvgIpc) is 2.62. The zero-order valence-corrected chi connectivity index (χ0v) is 18.1. The number of ether oxygens (including phenoxy) is 2. The minimum atomic E-state index is -0.464. The molecule has 0 saturated carbocycles. The maximum atomic E-state index is 12.1. The second-order valence-corrected chi connectivity index (χ2v) is 8.46. The largest absolute Gasteiger partial charge is 0.492 e. The summed E-state index contributed by atoms with van der Waals surface area (Å²) in [5.74, 6) is 0.515. The van der Waals surface area contributed by atoms with Crippen molar-refractivity contribution in [1.82, 2.24) is 9.80 Å². The number of non-ortho nitro benzene ring substituents is 1. The van der Waals surface area contributed by atoms with Gasteiger partial charge in [-0.1, -0.05) is 6.92 Å². The van der Waals surface area contributed by atoms with Gasteiger partial charge in [0.25, 0.3) is 5.69 Å². The lowest BCUT2D eigenvalue weighted by molar-refractivity contribution is -0.384. The molecule has 1 atom stereocenters. The fourth-order valence-corrected chi connectivity index (χ4v) is 3.43. The van der Waals surface area contributed by atoms with Crippen molar-refractivity contribution < 1.29 is 19.2 Å². The molecule has 0 aliphatic carbocycles. The van der Waals surface area contributed by atoms with Crippen LogP contribution in [0.4, 0.5) is 5.69 Å². The van der Waals surface area contributed by atoms with E-state index in [1.807, 2.05) is 27.7 Å². The summed E-state index contributed by atoms with van der Waals surface area (Å²) in [4.78, 5) is 27.1. The molecule has 1 heterocycles. The maximum absolute atomic E-state index is 12.1. The van der Waals surface area contributed by atoms with Gasteiger partial charge in [-0.15, -0.1) is 0 Å². The van der Waals surface area contributed by atoms with Crippen molar-refractivity contribution in [1.29, 1.82) is 0 Å². The molecule has 0 radical (unpaired) electrons. The number of rotatable bonds is 8. The standard InChI is InChI=1S/C21H33N3O5/c1-6-17-13-18(24(26)27)7-8-19(17)28-12-11-22-9-10-23(16(2)14-22)15-20(25)29-21(3,4)5/h7-8,13,16H,6,9-12,14-15H2,1-5H3/t16-/m1/s1. The number of piperazine rings is 1. The topological polar surface area (TPSA) is 85.2 Å². The Bertz CT molecular complexity index is 717. The number of carbonyl (C=O) groups is 1. The van der Waals surface area contributed by atoms with Crippen LogP contribution in [0.2, 0.25) is 0 Å². The molecule has 29 heavy (non-hydrogen) atoms. The summed E-state index contributed by atoms with van der Waals surface area (Å²) in [5.41, 5.74) is 0.466. The van der Waals surface area contributed by atoms with Gasteiger partial charge in [-0.25, -0.2) is 0 Å². The van der Waals surface area contributed by atoms with Gasteiger partial charge in [-0.05, 0) is 40.2 Å². The molecule has 1 aromatic carbocycles. The van der Waals surface area contributed by atoms with Gasteiger partial charge in [0.1, 0.15) is 18.0 Å². The Kier molecular flexibility index (Phi) is 7.98. The molecule has 1 aromatic rings. The SMILES string of the molecule is CCc1cc([N+](=O)[O-])ccc1OCCN1CCN(CC(=O)OC(C)(C)C)[C@H](C)C1. The van der Waals surface area contributed by atoms with E-state index in [9.17, 15) is 14.9 Å². The monoisotopic (exact) mass is 407 g/mol. The third kappa shape index (κ3) is 7.29. The molecular formula is C21H33N3O5. The number of nitrogens with zero attached hydrogens (tertiary/aromatic N) is 3. The molecule has 8 heteroatoms. The fourth-order valence-electron chi connectivity index (χ4n) is 3.43. The van der Waals surface area contributed by atoms with Crippen molar-refractivity contribution in [2.45, 2.75) is 52.7 Å². The van der Waals surface area contributed by atoms with Gasteiger partial charge >= 0.3 is 5.97 Å². The first-order valence-corrected chi connectivity index (χ1v) is 10.2. The summed E-state index contributed by atoms with van der Waals surface area (Å²) < 4.78 is 11.3. The van der Waals surface area contributed by atoms with E-state index >= 15 is 0 Å². The van der Waals surface area contributed by atoms with Crippen LogP contribution in [0.1, 0.15) is 40.2 Å². The van der Waals surface area contributed by atoms with E-state index in [4.69, 9.17) is 9.47 Å². The Labute approximate surface area is 172 Å². The van der Waals surface area contributed by atoms with E-state index in [-0.39, 0.29) is 22.6 Å². The Balaban J connectivity index is 1.79. The van der Waals surface area contributed by atoms with E-state index in [0.717, 1.165) is 31.7 Å². The Morgan fingerprint density at radius 1 is 1.31 bits per heavy atom. The van der Waals surface area contributed by atoms with Crippen LogP contribution in [0.5, 0.6) is 5.75 Å². The Morgan fingerprint density at radius 2 is 2.03 bits per heavy atom. The molecule has 1 fully saturated rings. The molecule has 0 amide bonds. The van der Waals surface area contributed by atoms with Crippen molar-refractivity contribution >= 4 is 11.7 Å². The summed E-state index contributed by atoms with van der Waals surface area (Å²) in [6, 6.07) is 4.99. The fraction of sp³-hybridized carbons (Fsp3) is 0.667. The third-order valence-electron chi connectivity index (χ3n) is 4.90. The molecule has 0 N–H and O–H groups in total. The lowest BCUT2D eigenvalue weighted by Gasteiger charge is -2.39. The van der Waals surface area contributed by atoms with Crippen LogP contribution in [0, 0.1) is 10.1 Å². The normalized spacial score (nSPS) is 18.4. The summed E-state index contributed by atoms with van der Waals surface area (Å²) in [6.07, 6.45) is 0.678. The van der Waals surface area contributed by atoms with E-state index < -0.39 is 5.60 Å². The molecule has 1 aliphatic heterocycles. The second-order valence-electron chi connectivity index (χ2n) is 8.46. The molecule has 0 unspecified atom stereocenters. The second kappa shape index (κ2) is 10.0. The van der Waals surface area contributed by atoms with Crippen LogP contribution in [0.3, 0.4) is 0 Å². The van der Waals surface area contributed by atoms with Gasteiger partial charge in [0, 0.05) is 49.9 Å². The van der Waals surface area contributed by atoms with Crippen LogP contribution >= 0.6 is 0 Å². The van der Waals surface area contributed by atoms with Crippen molar-refractivity contribution in [2.24, 2.45) is 0 Å². The van der Waals surface area contributed by atoms with Crippen molar-refractivity contribution in [3.05, 3.63) is 33.9 Å². The average molecular weight is 408 g/mol. The van der Waals surface area contributed by atoms with Gasteiger partial charge in [0.05, 0.1) is 11.5 Å². The number of hydrogen-bond acceptors (Lipinski definition) is 7. The first-order valence-electron chi connectivity index (χ1n) is 10.2. The van der Waals surface area contributed by atoms with Crippen LogP contribution < -0.4 is 4.74 Å². The number of carbonyl (C=O) groups excluding carboxylic acids is 1. The third-order valence-corrected chi connectivity index (χ3v) is 4.90. The molecule has 8 nitrogen and oxygen atoms in total. The number of esters is 1. The molecule has 1 saturated heterocycles. The van der Waals surface area contributed by atoms with E-state index in [0.29, 0.717) is 25.3 Å². The Hall–Kier alpha value is -2.19. The Morgan fingerprint density at radius 3 is 2.62 bits per heavy atom. The quantitative estimate of drug-likeness (QED) is 0.372. The predicted molar refractivity (Wildman–Crippen MR) is 111 cm³/mol. The van der Waals surface area contributed by atoms with Crippen molar-refractivity contribution in [3.8, 4) is 5.75 Å². The minimum Gasteiger partial charge on any atom is -0.492 e. The smallest absolute Gasteiger partial charge is 0.320 e. The summed E-state index contributed by atoms with van der Waals surface area (Å²) in [5, 5.41) is 10.9. The highest BCUT2D eigenvalue weighted by molar-refractivity contribution is 5.72. The van der Waals surface area contributed by atoms with Gasteiger partial charge in [0.15, 0.2) is 0 Å². The number of nitro benzene ring substituents is 1. The highest BCUT2D eigenvalue weighted by Gasteiger charge is 2.27. The molecule has 162 valence electrons. The van der Waals surface area contributed by atoms with Gasteiger partial charge < -0.3 is 9.47 Å². The number of nitro groups is 1. The van der Waals surface area contributed by atoms with Gasteiger partial charge in [-0.2, -0.15) is 0 Å². The number of hydrogen-bond donors (Lipinski definition) is 0. The van der Waals surface area contributed by atoms with E-state index in [1.165, 1.54) is 6.07 Å². The van der Waals surface area contributed by atoms with Gasteiger partial charge in [0.2, 0.25) is 0 Å². The van der Waals surface area contributed by atoms with Crippen molar-refractivity contribution in [2.75, 3.05) is 39.3 Å². The molecule has 0 spiro atoms. The molecule has 2 rings (SSSR count).